The van der Waals surface area contributed by atoms with Crippen LogP contribution in [0.25, 0.3) is 6.08 Å². The Hall–Kier alpha value is -2.67. The first-order valence-corrected chi connectivity index (χ1v) is 8.60. The lowest BCUT2D eigenvalue weighted by Crippen LogP contribution is -2.56. The zero-order valence-corrected chi connectivity index (χ0v) is 15.7. The van der Waals surface area contributed by atoms with Crippen LogP contribution in [-0.2, 0) is 11.2 Å². The van der Waals surface area contributed by atoms with Crippen molar-refractivity contribution in [3.05, 3.63) is 63.7 Å². The summed E-state index contributed by atoms with van der Waals surface area (Å²) in [5.74, 6) is -1.73. The number of para-hydroxylation sites is 1. The summed E-state index contributed by atoms with van der Waals surface area (Å²) >= 11 is 6.11. The summed E-state index contributed by atoms with van der Waals surface area (Å²) in [5.41, 5.74) is -3.05. The fraction of sp³-hybridized carbons (Fsp3) is 0.250. The van der Waals surface area contributed by atoms with E-state index >= 15 is 0 Å². The fourth-order valence-electron chi connectivity index (χ4n) is 3.31. The minimum absolute atomic E-state index is 0.0445. The smallest absolute Gasteiger partial charge is 0.433 e. The first kappa shape index (κ1) is 20.1. The van der Waals surface area contributed by atoms with Crippen molar-refractivity contribution in [3.63, 3.8) is 0 Å². The third-order valence-corrected chi connectivity index (χ3v) is 4.82. The van der Waals surface area contributed by atoms with Gasteiger partial charge in [0.1, 0.15) is 11.5 Å². The molecule has 0 spiro atoms. The maximum atomic E-state index is 14.3. The molecule has 1 atom stereocenters. The van der Waals surface area contributed by atoms with E-state index < -0.39 is 29.7 Å². The molecule has 1 heterocycles. The van der Waals surface area contributed by atoms with E-state index in [4.69, 9.17) is 21.1 Å². The van der Waals surface area contributed by atoms with E-state index in [0.717, 1.165) is 6.08 Å². The van der Waals surface area contributed by atoms with Gasteiger partial charge in [-0.3, -0.25) is 0 Å². The van der Waals surface area contributed by atoms with Crippen molar-refractivity contribution in [2.75, 3.05) is 7.11 Å². The quantitative estimate of drug-likeness (QED) is 0.762. The number of alkyl halides is 3. The van der Waals surface area contributed by atoms with Gasteiger partial charge in [-0.2, -0.15) is 13.2 Å². The number of ether oxygens (including phenoxy) is 2. The van der Waals surface area contributed by atoms with E-state index in [1.165, 1.54) is 31.4 Å². The van der Waals surface area contributed by atoms with E-state index in [0.29, 0.717) is 5.56 Å². The highest BCUT2D eigenvalue weighted by atomic mass is 35.5. The van der Waals surface area contributed by atoms with Crippen molar-refractivity contribution < 1.29 is 32.5 Å². The van der Waals surface area contributed by atoms with Crippen molar-refractivity contribution >= 4 is 23.6 Å². The van der Waals surface area contributed by atoms with Crippen LogP contribution in [0.4, 0.5) is 13.2 Å². The number of fused-ring (bicyclic) bond motifs is 1. The summed E-state index contributed by atoms with van der Waals surface area (Å²) in [5, 5.41) is 9.70. The number of halogens is 4. The van der Waals surface area contributed by atoms with E-state index in [-0.39, 0.29) is 27.6 Å². The molecule has 8 heteroatoms. The van der Waals surface area contributed by atoms with Gasteiger partial charge in [0.25, 0.3) is 0 Å². The van der Waals surface area contributed by atoms with Crippen molar-refractivity contribution in [1.29, 1.82) is 0 Å². The Morgan fingerprint density at radius 2 is 1.96 bits per heavy atom. The number of rotatable bonds is 4. The van der Waals surface area contributed by atoms with Gasteiger partial charge in [-0.15, -0.1) is 0 Å². The van der Waals surface area contributed by atoms with Crippen LogP contribution in [0.3, 0.4) is 0 Å². The van der Waals surface area contributed by atoms with Gasteiger partial charge >= 0.3 is 12.1 Å². The molecule has 4 nitrogen and oxygen atoms in total. The lowest BCUT2D eigenvalue weighted by Gasteiger charge is -2.39. The maximum absolute atomic E-state index is 14.3. The highest BCUT2D eigenvalue weighted by Crippen LogP contribution is 2.48. The maximum Gasteiger partial charge on any atom is 0.433 e. The molecule has 1 aliphatic heterocycles. The minimum atomic E-state index is -5.02. The molecule has 2 aromatic rings. The molecule has 28 heavy (non-hydrogen) atoms. The SMILES string of the molecule is COc1c(Cl)cc(C)cc1CC1(C(F)(F)F)Oc2ccccc2C=C1C(=O)O. The number of aryl methyl sites for hydroxylation is 1. The van der Waals surface area contributed by atoms with Gasteiger partial charge in [-0.25, -0.2) is 4.79 Å². The molecule has 0 aliphatic carbocycles. The first-order valence-electron chi connectivity index (χ1n) is 8.22. The van der Waals surface area contributed by atoms with E-state index in [2.05, 4.69) is 0 Å². The van der Waals surface area contributed by atoms with Gasteiger partial charge in [0, 0.05) is 17.5 Å². The third kappa shape index (κ3) is 3.30. The summed E-state index contributed by atoms with van der Waals surface area (Å²) in [6, 6.07) is 8.98. The predicted octanol–water partition coefficient (Wildman–Crippen LogP) is 5.06. The first-order chi connectivity index (χ1) is 13.1. The zero-order valence-electron chi connectivity index (χ0n) is 14.9. The summed E-state index contributed by atoms with van der Waals surface area (Å²) in [6.07, 6.45) is -4.84. The van der Waals surface area contributed by atoms with Crippen molar-refractivity contribution in [2.24, 2.45) is 0 Å². The van der Waals surface area contributed by atoms with Gasteiger partial charge < -0.3 is 14.6 Å². The monoisotopic (exact) mass is 412 g/mol. The largest absolute Gasteiger partial charge is 0.495 e. The molecule has 0 aromatic heterocycles. The summed E-state index contributed by atoms with van der Waals surface area (Å²) < 4.78 is 53.5. The number of carboxylic acid groups (broad SMARTS) is 1. The molecule has 148 valence electrons. The number of carbonyl (C=O) groups is 1. The Bertz CT molecular complexity index is 968. The Labute approximate surface area is 164 Å². The normalized spacial score (nSPS) is 18.7. The third-order valence-electron chi connectivity index (χ3n) is 4.53. The summed E-state index contributed by atoms with van der Waals surface area (Å²) in [7, 11) is 1.28. The van der Waals surface area contributed by atoms with Crippen LogP contribution in [0.5, 0.6) is 11.5 Å². The molecule has 2 aromatic carbocycles. The highest BCUT2D eigenvalue weighted by Gasteiger charge is 2.63. The molecule has 0 radical (unpaired) electrons. The molecular weight excluding hydrogens is 397 g/mol. The number of hydrogen-bond donors (Lipinski definition) is 1. The van der Waals surface area contributed by atoms with Crippen LogP contribution < -0.4 is 9.47 Å². The molecule has 0 saturated heterocycles. The van der Waals surface area contributed by atoms with Gasteiger partial charge in [-0.1, -0.05) is 35.9 Å². The summed E-state index contributed by atoms with van der Waals surface area (Å²) in [6.45, 7) is 1.67. The average Bonchev–Trinajstić information content (AvgIpc) is 2.59. The van der Waals surface area contributed by atoms with E-state index in [9.17, 15) is 23.1 Å². The van der Waals surface area contributed by atoms with E-state index in [1.54, 1.807) is 19.1 Å². The second kappa shape index (κ2) is 7.05. The minimum Gasteiger partial charge on any atom is -0.495 e. The van der Waals surface area contributed by atoms with Crippen LogP contribution in [0.2, 0.25) is 5.02 Å². The zero-order chi connectivity index (χ0) is 20.7. The molecule has 1 N–H and O–H groups in total. The van der Waals surface area contributed by atoms with Crippen molar-refractivity contribution in [2.45, 2.75) is 25.1 Å². The van der Waals surface area contributed by atoms with E-state index in [1.807, 2.05) is 0 Å². The molecular formula is C20H16ClF3O4. The number of methoxy groups -OCH3 is 1. The Morgan fingerprint density at radius 1 is 1.29 bits per heavy atom. The Balaban J connectivity index is 2.25. The number of hydrogen-bond acceptors (Lipinski definition) is 3. The predicted molar refractivity (Wildman–Crippen MR) is 97.9 cm³/mol. The number of aliphatic carboxylic acids is 1. The van der Waals surface area contributed by atoms with Crippen LogP contribution in [0.1, 0.15) is 16.7 Å². The highest BCUT2D eigenvalue weighted by molar-refractivity contribution is 6.32. The summed E-state index contributed by atoms with van der Waals surface area (Å²) in [4.78, 5) is 11.8. The lowest BCUT2D eigenvalue weighted by atomic mass is 9.82. The molecule has 1 aliphatic rings. The molecule has 0 fully saturated rings. The van der Waals surface area contributed by atoms with Gasteiger partial charge in [0.15, 0.2) is 0 Å². The molecule has 0 saturated carbocycles. The van der Waals surface area contributed by atoms with Gasteiger partial charge in [0.2, 0.25) is 5.60 Å². The van der Waals surface area contributed by atoms with Crippen LogP contribution in [0, 0.1) is 6.92 Å². The van der Waals surface area contributed by atoms with Crippen LogP contribution in [-0.4, -0.2) is 30.0 Å². The Kier molecular flexibility index (Phi) is 5.06. The van der Waals surface area contributed by atoms with Crippen molar-refractivity contribution in [1.82, 2.24) is 0 Å². The lowest BCUT2D eigenvalue weighted by molar-refractivity contribution is -0.235. The molecule has 0 bridgehead atoms. The Morgan fingerprint density at radius 3 is 2.57 bits per heavy atom. The fourth-order valence-corrected chi connectivity index (χ4v) is 3.68. The molecule has 3 rings (SSSR count). The van der Waals surface area contributed by atoms with Crippen molar-refractivity contribution in [3.8, 4) is 11.5 Å². The number of carboxylic acids is 1. The van der Waals surface area contributed by atoms with Gasteiger partial charge in [0.05, 0.1) is 17.7 Å². The number of benzene rings is 2. The second-order valence-electron chi connectivity index (χ2n) is 6.44. The molecule has 1 unspecified atom stereocenters. The standard InChI is InChI=1S/C20H16ClF3O4/c1-11-7-13(17(27-2)15(21)8-11)10-19(20(22,23)24)14(18(25)26)9-12-5-3-4-6-16(12)28-19/h3-9H,10H2,1-2H3,(H,25,26). The molecule has 0 amide bonds. The topological polar surface area (TPSA) is 55.8 Å². The van der Waals surface area contributed by atoms with Gasteiger partial charge in [-0.05, 0) is 30.7 Å². The second-order valence-corrected chi connectivity index (χ2v) is 6.85. The average molecular weight is 413 g/mol. The van der Waals surface area contributed by atoms with Crippen LogP contribution >= 0.6 is 11.6 Å². The van der Waals surface area contributed by atoms with Crippen LogP contribution in [0.15, 0.2) is 42.0 Å².